The van der Waals surface area contributed by atoms with Gasteiger partial charge in [0.15, 0.2) is 0 Å². The van der Waals surface area contributed by atoms with Crippen LogP contribution in [0.3, 0.4) is 0 Å². The van der Waals surface area contributed by atoms with Crippen molar-refractivity contribution in [3.05, 3.63) is 35.4 Å². The summed E-state index contributed by atoms with van der Waals surface area (Å²) in [5.41, 5.74) is 2.44. The van der Waals surface area contributed by atoms with Crippen molar-refractivity contribution in [1.82, 2.24) is 15.5 Å². The second-order valence-electron chi connectivity index (χ2n) is 7.20. The van der Waals surface area contributed by atoms with Crippen LogP contribution in [0, 0.1) is 0 Å². The Bertz CT molecular complexity index is 556. The van der Waals surface area contributed by atoms with Crippen molar-refractivity contribution in [3.8, 4) is 0 Å². The summed E-state index contributed by atoms with van der Waals surface area (Å²) >= 11 is 0. The van der Waals surface area contributed by atoms with Gasteiger partial charge in [0.05, 0.1) is 12.1 Å². The third kappa shape index (κ3) is 6.39. The number of likely N-dealkylation sites (tertiary alicyclic amines) is 1. The molecule has 3 N–H and O–H groups in total. The van der Waals surface area contributed by atoms with Gasteiger partial charge >= 0.3 is 0 Å². The van der Waals surface area contributed by atoms with Crippen molar-refractivity contribution in [3.63, 3.8) is 0 Å². The fraction of sp³-hybridized carbons (Fsp3) is 0.632. The number of carbonyl (C=O) groups excluding carboxylic acids is 1. The number of aliphatic hydroxyl groups excluding tert-OH is 1. The van der Waals surface area contributed by atoms with Crippen LogP contribution in [0.5, 0.6) is 0 Å². The van der Waals surface area contributed by atoms with Crippen LogP contribution in [0.2, 0.25) is 0 Å². The van der Waals surface area contributed by atoms with Gasteiger partial charge in [0.1, 0.15) is 0 Å². The lowest BCUT2D eigenvalue weighted by Gasteiger charge is -2.33. The summed E-state index contributed by atoms with van der Waals surface area (Å²) in [6.45, 7) is 5.56. The summed E-state index contributed by atoms with van der Waals surface area (Å²) < 4.78 is 0. The Kier molecular flexibility index (Phi) is 9.90. The molecule has 2 aliphatic rings. The number of hydrogen-bond donors (Lipinski definition) is 3. The van der Waals surface area contributed by atoms with E-state index in [9.17, 15) is 9.90 Å². The van der Waals surface area contributed by atoms with Gasteiger partial charge in [-0.05, 0) is 43.9 Å². The van der Waals surface area contributed by atoms with E-state index in [4.69, 9.17) is 0 Å². The number of piperidine rings is 1. The van der Waals surface area contributed by atoms with Crippen LogP contribution >= 0.6 is 24.8 Å². The molecule has 1 aromatic carbocycles. The van der Waals surface area contributed by atoms with E-state index in [1.807, 2.05) is 0 Å². The molecule has 2 saturated heterocycles. The van der Waals surface area contributed by atoms with Gasteiger partial charge in [0, 0.05) is 25.7 Å². The number of aliphatic hydroxyl groups is 1. The molecule has 0 saturated carbocycles. The van der Waals surface area contributed by atoms with E-state index >= 15 is 0 Å². The van der Waals surface area contributed by atoms with E-state index in [-0.39, 0.29) is 36.8 Å². The lowest BCUT2D eigenvalue weighted by molar-refractivity contribution is -0.123. The number of nitrogens with zero attached hydrogens (tertiary/aromatic N) is 1. The first-order chi connectivity index (χ1) is 11.6. The average molecular weight is 404 g/mol. The fourth-order valence-electron chi connectivity index (χ4n) is 3.62. The number of benzene rings is 1. The van der Waals surface area contributed by atoms with Gasteiger partial charge in [0.2, 0.25) is 5.91 Å². The van der Waals surface area contributed by atoms with E-state index in [1.54, 1.807) is 0 Å². The largest absolute Gasteiger partial charge is 0.392 e. The molecule has 0 bridgehead atoms. The zero-order valence-electron chi connectivity index (χ0n) is 15.3. The summed E-state index contributed by atoms with van der Waals surface area (Å²) in [6, 6.07) is 8.94. The van der Waals surface area contributed by atoms with Gasteiger partial charge in [-0.3, -0.25) is 9.69 Å². The molecule has 3 atom stereocenters. The lowest BCUT2D eigenvalue weighted by atomic mass is 10.0. The van der Waals surface area contributed by atoms with Crippen molar-refractivity contribution in [2.75, 3.05) is 13.1 Å². The topological polar surface area (TPSA) is 64.6 Å². The predicted octanol–water partition coefficient (Wildman–Crippen LogP) is 2.24. The van der Waals surface area contributed by atoms with Gasteiger partial charge in [-0.2, -0.15) is 0 Å². The summed E-state index contributed by atoms with van der Waals surface area (Å²) in [5, 5.41) is 15.5. The number of halogens is 2. The first kappa shape index (κ1) is 23.2. The van der Waals surface area contributed by atoms with Crippen LogP contribution < -0.4 is 10.6 Å². The molecule has 3 rings (SSSR count). The maximum Gasteiger partial charge on any atom is 0.237 e. The van der Waals surface area contributed by atoms with Gasteiger partial charge in [-0.25, -0.2) is 0 Å². The van der Waals surface area contributed by atoms with Crippen molar-refractivity contribution < 1.29 is 9.90 Å². The van der Waals surface area contributed by atoms with Crippen molar-refractivity contribution >= 4 is 30.7 Å². The molecular formula is C19H31Cl2N3O2. The molecule has 1 amide bonds. The van der Waals surface area contributed by atoms with Crippen LogP contribution in [0.15, 0.2) is 24.3 Å². The molecule has 7 heteroatoms. The Labute approximate surface area is 168 Å². The zero-order chi connectivity index (χ0) is 16.9. The average Bonchev–Trinajstić information content (AvgIpc) is 3.03. The van der Waals surface area contributed by atoms with E-state index in [0.717, 1.165) is 12.1 Å². The predicted molar refractivity (Wildman–Crippen MR) is 109 cm³/mol. The smallest absolute Gasteiger partial charge is 0.237 e. The van der Waals surface area contributed by atoms with Crippen molar-refractivity contribution in [2.24, 2.45) is 0 Å². The molecule has 0 aliphatic carbocycles. The van der Waals surface area contributed by atoms with E-state index < -0.39 is 6.10 Å². The molecule has 1 aromatic rings. The summed E-state index contributed by atoms with van der Waals surface area (Å²) in [5.74, 6) is -0.0298. The number of carbonyl (C=O) groups is 1. The van der Waals surface area contributed by atoms with Crippen LogP contribution in [0.1, 0.15) is 43.7 Å². The highest BCUT2D eigenvalue weighted by molar-refractivity contribution is 5.85. The van der Waals surface area contributed by atoms with Crippen LogP contribution in [-0.4, -0.2) is 47.2 Å². The van der Waals surface area contributed by atoms with Crippen LogP contribution in [-0.2, 0) is 17.9 Å². The standard InChI is InChI=1S/C19H29N3O2.2ClH/c1-14-4-2-3-9-22(14)13-16-7-5-15(6-8-16)11-21-19(24)18-10-17(23)12-20-18;;/h5-8,14,17-18,20,23H,2-4,9-13H2,1H3,(H,21,24);2*1H. The molecular weight excluding hydrogens is 373 g/mol. The van der Waals surface area contributed by atoms with Crippen molar-refractivity contribution in [2.45, 2.75) is 63.9 Å². The van der Waals surface area contributed by atoms with E-state index in [1.165, 1.54) is 31.4 Å². The number of hydrogen-bond acceptors (Lipinski definition) is 4. The second kappa shape index (κ2) is 11.1. The van der Waals surface area contributed by atoms with Crippen molar-refractivity contribution in [1.29, 1.82) is 0 Å². The molecule has 3 unspecified atom stereocenters. The molecule has 2 fully saturated rings. The Morgan fingerprint density at radius 1 is 1.23 bits per heavy atom. The third-order valence-electron chi connectivity index (χ3n) is 5.24. The minimum absolute atomic E-state index is 0. The maximum atomic E-state index is 12.0. The Hall–Kier alpha value is -0.850. The van der Waals surface area contributed by atoms with E-state index in [2.05, 4.69) is 46.7 Å². The van der Waals surface area contributed by atoms with Gasteiger partial charge in [-0.1, -0.05) is 30.7 Å². The highest BCUT2D eigenvalue weighted by Crippen LogP contribution is 2.19. The highest BCUT2D eigenvalue weighted by Gasteiger charge is 2.27. The third-order valence-corrected chi connectivity index (χ3v) is 5.24. The molecule has 0 spiro atoms. The van der Waals surface area contributed by atoms with Gasteiger partial charge in [-0.15, -0.1) is 24.8 Å². The van der Waals surface area contributed by atoms with Crippen LogP contribution in [0.25, 0.3) is 0 Å². The van der Waals surface area contributed by atoms with Crippen LogP contribution in [0.4, 0.5) is 0 Å². The summed E-state index contributed by atoms with van der Waals surface area (Å²) in [6.07, 6.45) is 4.05. The summed E-state index contributed by atoms with van der Waals surface area (Å²) in [7, 11) is 0. The minimum atomic E-state index is -0.405. The fourth-order valence-corrected chi connectivity index (χ4v) is 3.62. The Morgan fingerprint density at radius 3 is 2.54 bits per heavy atom. The second-order valence-corrected chi connectivity index (χ2v) is 7.20. The normalized spacial score (nSPS) is 25.8. The molecule has 26 heavy (non-hydrogen) atoms. The number of rotatable bonds is 5. The quantitative estimate of drug-likeness (QED) is 0.705. The number of nitrogens with one attached hydrogen (secondary N) is 2. The number of β-amino-alcohol motifs (C(OH)–C–C–N with tert-alkyl or cyclic N) is 1. The van der Waals surface area contributed by atoms with Gasteiger partial charge < -0.3 is 15.7 Å². The SMILES string of the molecule is CC1CCCCN1Cc1ccc(CNC(=O)C2CC(O)CN2)cc1.Cl.Cl. The Morgan fingerprint density at radius 2 is 1.92 bits per heavy atom. The molecule has 148 valence electrons. The first-order valence-corrected chi connectivity index (χ1v) is 9.13. The molecule has 0 radical (unpaired) electrons. The molecule has 2 aliphatic heterocycles. The minimum Gasteiger partial charge on any atom is -0.392 e. The maximum absolute atomic E-state index is 12.0. The molecule has 5 nitrogen and oxygen atoms in total. The lowest BCUT2D eigenvalue weighted by Crippen LogP contribution is -2.40. The zero-order valence-corrected chi connectivity index (χ0v) is 17.0. The monoisotopic (exact) mass is 403 g/mol. The van der Waals surface area contributed by atoms with Gasteiger partial charge in [0.25, 0.3) is 0 Å². The number of amides is 1. The molecule has 2 heterocycles. The first-order valence-electron chi connectivity index (χ1n) is 9.13. The Balaban J connectivity index is 0.00000169. The molecule has 0 aromatic heterocycles. The summed E-state index contributed by atoms with van der Waals surface area (Å²) in [4.78, 5) is 14.6. The van der Waals surface area contributed by atoms with E-state index in [0.29, 0.717) is 25.6 Å². The highest BCUT2D eigenvalue weighted by atomic mass is 35.5.